The maximum Gasteiger partial charge on any atom is 0.434 e. The van der Waals surface area contributed by atoms with Crippen molar-refractivity contribution in [2.75, 3.05) is 13.6 Å². The lowest BCUT2D eigenvalue weighted by molar-refractivity contribution is -0.141. The summed E-state index contributed by atoms with van der Waals surface area (Å²) in [4.78, 5) is 5.92. The lowest BCUT2D eigenvalue weighted by Crippen LogP contribution is -2.31. The Morgan fingerprint density at radius 3 is 2.84 bits per heavy atom. The summed E-state index contributed by atoms with van der Waals surface area (Å²) in [6, 6.07) is 0. The highest BCUT2D eigenvalue weighted by Crippen LogP contribution is 2.31. The standard InChI is InChI=1S/C17H23F3N4O/c1-4-14-13(11(2)25-22-14)9-23(3)7-12-5-6-16-21-15(17(18,19)20)10-24(16)8-12/h10,12H,4-9H2,1-3H3/t12-/m1/s1. The lowest BCUT2D eigenvalue weighted by Gasteiger charge is -2.28. The molecule has 3 heterocycles. The van der Waals surface area contributed by atoms with Gasteiger partial charge in [0.05, 0.1) is 5.69 Å². The molecule has 138 valence electrons. The number of hydrogen-bond acceptors (Lipinski definition) is 4. The van der Waals surface area contributed by atoms with Crippen molar-refractivity contribution in [2.24, 2.45) is 5.92 Å². The molecule has 0 radical (unpaired) electrons. The van der Waals surface area contributed by atoms with Gasteiger partial charge in [-0.2, -0.15) is 13.2 Å². The van der Waals surface area contributed by atoms with Crippen LogP contribution in [0.15, 0.2) is 10.7 Å². The third-order valence-electron chi connectivity index (χ3n) is 4.78. The van der Waals surface area contributed by atoms with E-state index in [1.165, 1.54) is 0 Å². The number of fused-ring (bicyclic) bond motifs is 1. The van der Waals surface area contributed by atoms with Crippen molar-refractivity contribution in [3.63, 3.8) is 0 Å². The Bertz CT molecular complexity index is 735. The fourth-order valence-electron chi connectivity index (χ4n) is 3.49. The number of aryl methyl sites for hydroxylation is 3. The van der Waals surface area contributed by atoms with Gasteiger partial charge in [0.2, 0.25) is 0 Å². The van der Waals surface area contributed by atoms with Crippen LogP contribution in [0, 0.1) is 12.8 Å². The van der Waals surface area contributed by atoms with Crippen LogP contribution in [0.1, 0.15) is 41.9 Å². The van der Waals surface area contributed by atoms with Gasteiger partial charge >= 0.3 is 6.18 Å². The van der Waals surface area contributed by atoms with E-state index >= 15 is 0 Å². The Morgan fingerprint density at radius 2 is 2.16 bits per heavy atom. The number of alkyl halides is 3. The topological polar surface area (TPSA) is 47.1 Å². The highest BCUT2D eigenvalue weighted by atomic mass is 19.4. The van der Waals surface area contributed by atoms with Crippen LogP contribution in [0.5, 0.6) is 0 Å². The number of rotatable bonds is 5. The van der Waals surface area contributed by atoms with E-state index in [1.807, 2.05) is 20.9 Å². The predicted octanol–water partition coefficient (Wildman–Crippen LogP) is 3.46. The second-order valence-electron chi connectivity index (χ2n) is 6.81. The molecular formula is C17H23F3N4O. The van der Waals surface area contributed by atoms with Crippen LogP contribution in [0.3, 0.4) is 0 Å². The minimum Gasteiger partial charge on any atom is -0.361 e. The van der Waals surface area contributed by atoms with Crippen LogP contribution >= 0.6 is 0 Å². The molecule has 1 aliphatic heterocycles. The normalized spacial score (nSPS) is 18.0. The van der Waals surface area contributed by atoms with Gasteiger partial charge in [0.1, 0.15) is 11.6 Å². The number of halogens is 3. The number of hydrogen-bond donors (Lipinski definition) is 0. The zero-order valence-electron chi connectivity index (χ0n) is 14.7. The first-order valence-corrected chi connectivity index (χ1v) is 8.53. The van der Waals surface area contributed by atoms with Crippen LogP contribution in [0.4, 0.5) is 13.2 Å². The molecule has 0 N–H and O–H groups in total. The second kappa shape index (κ2) is 6.82. The smallest absolute Gasteiger partial charge is 0.361 e. The zero-order chi connectivity index (χ0) is 18.2. The summed E-state index contributed by atoms with van der Waals surface area (Å²) in [5.74, 6) is 1.67. The monoisotopic (exact) mass is 356 g/mol. The van der Waals surface area contributed by atoms with E-state index < -0.39 is 11.9 Å². The molecule has 0 fully saturated rings. The first-order chi connectivity index (χ1) is 11.8. The first-order valence-electron chi connectivity index (χ1n) is 8.53. The average molecular weight is 356 g/mol. The largest absolute Gasteiger partial charge is 0.434 e. The van der Waals surface area contributed by atoms with Gasteiger partial charge in [-0.15, -0.1) is 0 Å². The van der Waals surface area contributed by atoms with Gasteiger partial charge in [-0.1, -0.05) is 12.1 Å². The fourth-order valence-corrected chi connectivity index (χ4v) is 3.49. The zero-order valence-corrected chi connectivity index (χ0v) is 14.7. The molecule has 2 aromatic rings. The van der Waals surface area contributed by atoms with Crippen molar-refractivity contribution in [3.8, 4) is 0 Å². The van der Waals surface area contributed by atoms with Crippen molar-refractivity contribution in [1.29, 1.82) is 0 Å². The van der Waals surface area contributed by atoms with Crippen molar-refractivity contribution in [2.45, 2.75) is 52.4 Å². The van der Waals surface area contributed by atoms with E-state index in [2.05, 4.69) is 15.0 Å². The van der Waals surface area contributed by atoms with Crippen LogP contribution < -0.4 is 0 Å². The molecule has 0 saturated heterocycles. The van der Waals surface area contributed by atoms with Gasteiger partial charge in [-0.3, -0.25) is 0 Å². The van der Waals surface area contributed by atoms with Gasteiger partial charge in [0.15, 0.2) is 5.69 Å². The Hall–Kier alpha value is -1.83. The van der Waals surface area contributed by atoms with Gasteiger partial charge in [0.25, 0.3) is 0 Å². The highest BCUT2D eigenvalue weighted by molar-refractivity contribution is 5.21. The summed E-state index contributed by atoms with van der Waals surface area (Å²) in [5, 5.41) is 4.07. The molecular weight excluding hydrogens is 333 g/mol. The molecule has 0 spiro atoms. The summed E-state index contributed by atoms with van der Waals surface area (Å²) >= 11 is 0. The van der Waals surface area contributed by atoms with E-state index in [-0.39, 0.29) is 0 Å². The lowest BCUT2D eigenvalue weighted by atomic mass is 9.98. The van der Waals surface area contributed by atoms with Crippen molar-refractivity contribution in [1.82, 2.24) is 19.6 Å². The van der Waals surface area contributed by atoms with Crippen LogP contribution in [-0.2, 0) is 32.1 Å². The minimum atomic E-state index is -4.38. The molecule has 1 aliphatic rings. The molecule has 5 nitrogen and oxygen atoms in total. The molecule has 0 bridgehead atoms. The van der Waals surface area contributed by atoms with Crippen molar-refractivity contribution in [3.05, 3.63) is 34.7 Å². The molecule has 25 heavy (non-hydrogen) atoms. The third-order valence-corrected chi connectivity index (χ3v) is 4.78. The van der Waals surface area contributed by atoms with Gasteiger partial charge in [-0.05, 0) is 32.7 Å². The summed E-state index contributed by atoms with van der Waals surface area (Å²) in [5.41, 5.74) is 1.30. The second-order valence-corrected chi connectivity index (χ2v) is 6.81. The maximum absolute atomic E-state index is 12.8. The average Bonchev–Trinajstić information content (AvgIpc) is 3.11. The van der Waals surface area contributed by atoms with E-state index in [1.54, 1.807) is 4.57 Å². The summed E-state index contributed by atoms with van der Waals surface area (Å²) in [7, 11) is 2.02. The summed E-state index contributed by atoms with van der Waals surface area (Å²) in [6.45, 7) is 6.07. The molecule has 8 heteroatoms. The van der Waals surface area contributed by atoms with E-state index in [0.29, 0.717) is 24.7 Å². The highest BCUT2D eigenvalue weighted by Gasteiger charge is 2.35. The number of nitrogens with zero attached hydrogens (tertiary/aromatic N) is 4. The van der Waals surface area contributed by atoms with Crippen molar-refractivity contribution >= 4 is 0 Å². The molecule has 1 atom stereocenters. The van der Waals surface area contributed by atoms with Crippen LogP contribution in [0.25, 0.3) is 0 Å². The quantitative estimate of drug-likeness (QED) is 0.823. The summed E-state index contributed by atoms with van der Waals surface area (Å²) < 4.78 is 45.3. The van der Waals surface area contributed by atoms with Crippen molar-refractivity contribution < 1.29 is 17.7 Å². The minimum absolute atomic E-state index is 0.304. The molecule has 0 aromatic carbocycles. The van der Waals surface area contributed by atoms with E-state index in [9.17, 15) is 13.2 Å². The van der Waals surface area contributed by atoms with E-state index in [4.69, 9.17) is 4.52 Å². The third kappa shape index (κ3) is 3.89. The Balaban J connectivity index is 1.63. The maximum atomic E-state index is 12.8. The van der Waals surface area contributed by atoms with E-state index in [0.717, 1.165) is 49.1 Å². The van der Waals surface area contributed by atoms with Crippen LogP contribution in [0.2, 0.25) is 0 Å². The van der Waals surface area contributed by atoms with Crippen LogP contribution in [-0.4, -0.2) is 33.2 Å². The number of imidazole rings is 1. The first kappa shape index (κ1) is 18.0. The fraction of sp³-hybridized carbons (Fsp3) is 0.647. The molecule has 3 rings (SSSR count). The molecule has 0 unspecified atom stereocenters. The number of aromatic nitrogens is 3. The molecule has 2 aromatic heterocycles. The Kier molecular flexibility index (Phi) is 4.90. The van der Waals surface area contributed by atoms with Gasteiger partial charge < -0.3 is 14.0 Å². The Labute approximate surface area is 144 Å². The molecule has 0 aliphatic carbocycles. The van der Waals surface area contributed by atoms with Gasteiger partial charge in [0, 0.05) is 37.8 Å². The predicted molar refractivity (Wildman–Crippen MR) is 86.0 cm³/mol. The molecule has 0 amide bonds. The Morgan fingerprint density at radius 1 is 1.40 bits per heavy atom. The molecule has 0 saturated carbocycles. The SMILES string of the molecule is CCc1noc(C)c1CN(C)C[C@H]1CCc2nc(C(F)(F)F)cn2C1. The van der Waals surface area contributed by atoms with Gasteiger partial charge in [-0.25, -0.2) is 4.98 Å². The summed E-state index contributed by atoms with van der Waals surface area (Å²) in [6.07, 6.45) is -0.981.